The molecular weight excluding hydrogens is 198 g/mol. The van der Waals surface area contributed by atoms with E-state index >= 15 is 0 Å². The number of amides is 1. The third kappa shape index (κ3) is 4.60. The molecule has 1 rings (SSSR count). The van der Waals surface area contributed by atoms with Crippen LogP contribution in [0.4, 0.5) is 0 Å². The molecule has 1 aliphatic heterocycles. The van der Waals surface area contributed by atoms with Gasteiger partial charge in [-0.25, -0.2) is 0 Å². The van der Waals surface area contributed by atoms with Crippen LogP contribution in [-0.4, -0.2) is 49.7 Å². The van der Waals surface area contributed by atoms with E-state index in [9.17, 15) is 9.59 Å². The van der Waals surface area contributed by atoms with Crippen molar-refractivity contribution in [1.29, 1.82) is 0 Å². The van der Waals surface area contributed by atoms with E-state index in [2.05, 4.69) is 4.74 Å². The Morgan fingerprint density at radius 1 is 1.40 bits per heavy atom. The first-order valence-corrected chi connectivity index (χ1v) is 4.86. The minimum atomic E-state index is -0.349. The third-order valence-electron chi connectivity index (χ3n) is 1.97. The summed E-state index contributed by atoms with van der Waals surface area (Å²) in [7, 11) is 0. The molecule has 0 aromatic heterocycles. The molecule has 0 saturated carbocycles. The summed E-state index contributed by atoms with van der Waals surface area (Å²) < 4.78 is 9.78. The second kappa shape index (κ2) is 6.19. The van der Waals surface area contributed by atoms with Crippen LogP contribution in [0.25, 0.3) is 0 Å². The van der Waals surface area contributed by atoms with E-state index in [1.807, 2.05) is 0 Å². The molecule has 1 saturated heterocycles. The lowest BCUT2D eigenvalue weighted by atomic mass is 10.4. The molecule has 0 aromatic rings. The fourth-order valence-electron chi connectivity index (χ4n) is 1.20. The van der Waals surface area contributed by atoms with Gasteiger partial charge in [-0.2, -0.15) is 0 Å². The first kappa shape index (κ1) is 11.7. The molecule has 0 atom stereocenters. The molecular formula is C10H15NO4. The van der Waals surface area contributed by atoms with Crippen LogP contribution in [0.3, 0.4) is 0 Å². The molecule has 0 N–H and O–H groups in total. The van der Waals surface area contributed by atoms with E-state index in [4.69, 9.17) is 4.74 Å². The van der Waals surface area contributed by atoms with E-state index in [0.717, 1.165) is 0 Å². The summed E-state index contributed by atoms with van der Waals surface area (Å²) in [5.74, 6) is -0.413. The number of hydrogen-bond acceptors (Lipinski definition) is 4. The van der Waals surface area contributed by atoms with Crippen LogP contribution in [0.15, 0.2) is 12.2 Å². The zero-order chi connectivity index (χ0) is 11.1. The van der Waals surface area contributed by atoms with E-state index in [1.54, 1.807) is 11.0 Å². The number of carbonyl (C=O) groups excluding carboxylic acids is 2. The number of ether oxygens (including phenoxy) is 2. The van der Waals surface area contributed by atoms with Crippen molar-refractivity contribution in [2.75, 3.05) is 32.9 Å². The van der Waals surface area contributed by atoms with Crippen molar-refractivity contribution in [3.05, 3.63) is 12.2 Å². The average molecular weight is 213 g/mol. The van der Waals surface area contributed by atoms with Gasteiger partial charge in [0.2, 0.25) is 5.91 Å². The van der Waals surface area contributed by atoms with E-state index in [-0.39, 0.29) is 18.5 Å². The first-order chi connectivity index (χ1) is 7.20. The number of hydrogen-bond donors (Lipinski definition) is 0. The maximum atomic E-state index is 11.5. The van der Waals surface area contributed by atoms with Crippen LogP contribution in [0, 0.1) is 0 Å². The molecule has 0 aliphatic carbocycles. The molecule has 0 bridgehead atoms. The predicted octanol–water partition coefficient (Wildman–Crippen LogP) is -0.0355. The summed E-state index contributed by atoms with van der Waals surface area (Å²) in [6.07, 6.45) is 2.97. The van der Waals surface area contributed by atoms with Crippen LogP contribution < -0.4 is 0 Å². The normalized spacial score (nSPS) is 16.7. The molecule has 0 radical (unpaired) electrons. The highest BCUT2D eigenvalue weighted by atomic mass is 16.5. The smallest absolute Gasteiger partial charge is 0.302 e. The maximum Gasteiger partial charge on any atom is 0.302 e. The molecule has 1 heterocycles. The Hall–Kier alpha value is -1.36. The minimum absolute atomic E-state index is 0.0644. The van der Waals surface area contributed by atoms with Crippen molar-refractivity contribution < 1.29 is 19.1 Å². The Labute approximate surface area is 88.6 Å². The molecule has 0 unspecified atom stereocenters. The van der Waals surface area contributed by atoms with Gasteiger partial charge < -0.3 is 14.4 Å². The Morgan fingerprint density at radius 3 is 2.67 bits per heavy atom. The van der Waals surface area contributed by atoms with Gasteiger partial charge in [-0.15, -0.1) is 0 Å². The first-order valence-electron chi connectivity index (χ1n) is 4.86. The molecule has 1 fully saturated rings. The quantitative estimate of drug-likeness (QED) is 0.488. The highest BCUT2D eigenvalue weighted by molar-refractivity contribution is 5.87. The van der Waals surface area contributed by atoms with E-state index in [1.165, 1.54) is 13.0 Å². The summed E-state index contributed by atoms with van der Waals surface area (Å²) in [5, 5.41) is 0. The fraction of sp³-hybridized carbons (Fsp3) is 0.600. The maximum absolute atomic E-state index is 11.5. The average Bonchev–Trinajstić information content (AvgIpc) is 2.25. The van der Waals surface area contributed by atoms with Gasteiger partial charge in [0.1, 0.15) is 6.61 Å². The molecule has 15 heavy (non-hydrogen) atoms. The molecule has 0 spiro atoms. The molecule has 1 amide bonds. The van der Waals surface area contributed by atoms with Gasteiger partial charge >= 0.3 is 5.97 Å². The molecule has 1 aliphatic rings. The highest BCUT2D eigenvalue weighted by Crippen LogP contribution is 1.98. The van der Waals surface area contributed by atoms with Crippen molar-refractivity contribution in [1.82, 2.24) is 4.90 Å². The summed E-state index contributed by atoms with van der Waals surface area (Å²) >= 11 is 0. The van der Waals surface area contributed by atoms with Gasteiger partial charge in [0.15, 0.2) is 0 Å². The number of esters is 1. The summed E-state index contributed by atoms with van der Waals surface area (Å²) in [5.41, 5.74) is 0. The van der Waals surface area contributed by atoms with Gasteiger partial charge in [-0.1, -0.05) is 0 Å². The second-order valence-electron chi connectivity index (χ2n) is 3.14. The summed E-state index contributed by atoms with van der Waals surface area (Å²) in [6.45, 7) is 3.89. The van der Waals surface area contributed by atoms with Gasteiger partial charge in [0, 0.05) is 26.1 Å². The summed E-state index contributed by atoms with van der Waals surface area (Å²) in [6, 6.07) is 0. The van der Waals surface area contributed by atoms with Gasteiger partial charge in [0.25, 0.3) is 0 Å². The van der Waals surface area contributed by atoms with Crippen molar-refractivity contribution in [3.63, 3.8) is 0 Å². The van der Waals surface area contributed by atoms with Crippen molar-refractivity contribution in [2.24, 2.45) is 0 Å². The lowest BCUT2D eigenvalue weighted by Crippen LogP contribution is -2.39. The van der Waals surface area contributed by atoms with Crippen molar-refractivity contribution in [2.45, 2.75) is 6.92 Å². The number of carbonyl (C=O) groups is 2. The van der Waals surface area contributed by atoms with E-state index < -0.39 is 0 Å². The second-order valence-corrected chi connectivity index (χ2v) is 3.14. The van der Waals surface area contributed by atoms with Crippen molar-refractivity contribution in [3.8, 4) is 0 Å². The van der Waals surface area contributed by atoms with Crippen LogP contribution in [0.5, 0.6) is 0 Å². The lowest BCUT2D eigenvalue weighted by molar-refractivity contribution is -0.139. The minimum Gasteiger partial charge on any atom is -0.462 e. The SMILES string of the molecule is CC(=O)OC/C=C/C(=O)N1CCOCC1. The fourth-order valence-corrected chi connectivity index (χ4v) is 1.20. The van der Waals surface area contributed by atoms with Crippen LogP contribution in [-0.2, 0) is 19.1 Å². The molecule has 84 valence electrons. The third-order valence-corrected chi connectivity index (χ3v) is 1.97. The van der Waals surface area contributed by atoms with Gasteiger partial charge in [-0.05, 0) is 6.08 Å². The zero-order valence-corrected chi connectivity index (χ0v) is 8.77. The molecule has 0 aromatic carbocycles. The number of morpholine rings is 1. The largest absolute Gasteiger partial charge is 0.462 e. The van der Waals surface area contributed by atoms with Crippen LogP contribution >= 0.6 is 0 Å². The highest BCUT2D eigenvalue weighted by Gasteiger charge is 2.13. The zero-order valence-electron chi connectivity index (χ0n) is 8.77. The topological polar surface area (TPSA) is 55.8 Å². The predicted molar refractivity (Wildman–Crippen MR) is 53.2 cm³/mol. The van der Waals surface area contributed by atoms with Crippen LogP contribution in [0.2, 0.25) is 0 Å². The molecule has 5 heteroatoms. The Bertz CT molecular complexity index is 256. The molecule has 5 nitrogen and oxygen atoms in total. The Morgan fingerprint density at radius 2 is 2.07 bits per heavy atom. The van der Waals surface area contributed by atoms with Gasteiger partial charge in [0.05, 0.1) is 13.2 Å². The standard InChI is InChI=1S/C10H15NO4/c1-9(12)15-6-2-3-10(13)11-4-7-14-8-5-11/h2-3H,4-8H2,1H3/b3-2+. The van der Waals surface area contributed by atoms with E-state index in [0.29, 0.717) is 26.3 Å². The number of rotatable bonds is 3. The Balaban J connectivity index is 2.24. The van der Waals surface area contributed by atoms with Gasteiger partial charge in [-0.3, -0.25) is 9.59 Å². The van der Waals surface area contributed by atoms with Crippen LogP contribution in [0.1, 0.15) is 6.92 Å². The Kier molecular flexibility index (Phi) is 4.83. The summed E-state index contributed by atoms with van der Waals surface area (Å²) in [4.78, 5) is 23.6. The monoisotopic (exact) mass is 213 g/mol. The number of nitrogens with zero attached hydrogens (tertiary/aromatic N) is 1. The lowest BCUT2D eigenvalue weighted by Gasteiger charge is -2.25. The van der Waals surface area contributed by atoms with Crippen molar-refractivity contribution >= 4 is 11.9 Å².